The van der Waals surface area contributed by atoms with Crippen molar-refractivity contribution in [1.82, 2.24) is 15.5 Å². The molecule has 0 spiro atoms. The van der Waals surface area contributed by atoms with Crippen LogP contribution in [-0.2, 0) is 11.2 Å². The SMILES string of the molecule is CCNC(=NCCN1CCOCC1)NCCc1ccccc1.I. The molecule has 1 aromatic carbocycles. The zero-order valence-electron chi connectivity index (χ0n) is 14.0. The van der Waals surface area contributed by atoms with Gasteiger partial charge in [-0.3, -0.25) is 9.89 Å². The van der Waals surface area contributed by atoms with E-state index in [1.165, 1.54) is 5.56 Å². The van der Waals surface area contributed by atoms with E-state index in [-0.39, 0.29) is 24.0 Å². The van der Waals surface area contributed by atoms with Crippen LogP contribution in [0.5, 0.6) is 0 Å². The molecule has 1 aromatic rings. The Morgan fingerprint density at radius 3 is 2.61 bits per heavy atom. The molecule has 0 aromatic heterocycles. The van der Waals surface area contributed by atoms with E-state index < -0.39 is 0 Å². The van der Waals surface area contributed by atoms with Gasteiger partial charge in [0.1, 0.15) is 0 Å². The molecule has 1 saturated heterocycles. The summed E-state index contributed by atoms with van der Waals surface area (Å²) in [5.41, 5.74) is 1.35. The van der Waals surface area contributed by atoms with Crippen LogP contribution in [0.15, 0.2) is 35.3 Å². The molecule has 1 heterocycles. The first-order chi connectivity index (χ1) is 10.9. The third-order valence-corrected chi connectivity index (χ3v) is 3.68. The van der Waals surface area contributed by atoms with Gasteiger partial charge in [0.05, 0.1) is 19.8 Å². The third-order valence-electron chi connectivity index (χ3n) is 3.68. The van der Waals surface area contributed by atoms with E-state index in [9.17, 15) is 0 Å². The van der Waals surface area contributed by atoms with Gasteiger partial charge in [-0.2, -0.15) is 0 Å². The van der Waals surface area contributed by atoms with Gasteiger partial charge in [0.2, 0.25) is 0 Å². The number of ether oxygens (including phenoxy) is 1. The lowest BCUT2D eigenvalue weighted by Crippen LogP contribution is -2.40. The molecule has 2 rings (SSSR count). The second kappa shape index (κ2) is 12.5. The Labute approximate surface area is 156 Å². The molecule has 0 saturated carbocycles. The van der Waals surface area contributed by atoms with Crippen molar-refractivity contribution in [1.29, 1.82) is 0 Å². The molecular formula is C17H29IN4O. The van der Waals surface area contributed by atoms with Gasteiger partial charge in [-0.15, -0.1) is 24.0 Å². The number of morpholine rings is 1. The minimum atomic E-state index is 0. The Hall–Kier alpha value is -0.860. The lowest BCUT2D eigenvalue weighted by Gasteiger charge is -2.25. The van der Waals surface area contributed by atoms with E-state index >= 15 is 0 Å². The van der Waals surface area contributed by atoms with E-state index in [2.05, 4.69) is 51.7 Å². The zero-order chi connectivity index (χ0) is 15.5. The van der Waals surface area contributed by atoms with E-state index in [1.54, 1.807) is 0 Å². The summed E-state index contributed by atoms with van der Waals surface area (Å²) >= 11 is 0. The second-order valence-corrected chi connectivity index (χ2v) is 5.38. The average Bonchev–Trinajstić information content (AvgIpc) is 2.57. The van der Waals surface area contributed by atoms with Crippen LogP contribution in [0.25, 0.3) is 0 Å². The second-order valence-electron chi connectivity index (χ2n) is 5.38. The summed E-state index contributed by atoms with van der Waals surface area (Å²) in [5, 5.41) is 6.70. The van der Waals surface area contributed by atoms with Crippen molar-refractivity contribution in [2.24, 2.45) is 4.99 Å². The van der Waals surface area contributed by atoms with Crippen LogP contribution in [0.3, 0.4) is 0 Å². The Morgan fingerprint density at radius 1 is 1.17 bits per heavy atom. The Kier molecular flexibility index (Phi) is 11.0. The number of hydrogen-bond acceptors (Lipinski definition) is 3. The number of halogens is 1. The van der Waals surface area contributed by atoms with Crippen LogP contribution >= 0.6 is 24.0 Å². The monoisotopic (exact) mass is 432 g/mol. The van der Waals surface area contributed by atoms with Gasteiger partial charge >= 0.3 is 0 Å². The standard InChI is InChI=1S/C17H28N4O.HI/c1-2-18-17(19-9-8-16-6-4-3-5-7-16)20-10-11-21-12-14-22-15-13-21;/h3-7H,2,8-15H2,1H3,(H2,18,19,20);1H. The summed E-state index contributed by atoms with van der Waals surface area (Å²) in [5.74, 6) is 0.909. The van der Waals surface area contributed by atoms with Crippen LogP contribution < -0.4 is 10.6 Å². The van der Waals surface area contributed by atoms with Gasteiger partial charge < -0.3 is 15.4 Å². The van der Waals surface area contributed by atoms with E-state index in [0.29, 0.717) is 0 Å². The zero-order valence-corrected chi connectivity index (χ0v) is 16.3. The number of nitrogens with zero attached hydrogens (tertiary/aromatic N) is 2. The largest absolute Gasteiger partial charge is 0.379 e. The van der Waals surface area contributed by atoms with Gasteiger partial charge in [0.15, 0.2) is 5.96 Å². The summed E-state index contributed by atoms with van der Waals surface area (Å²) in [6.45, 7) is 9.43. The molecule has 0 aliphatic carbocycles. The number of hydrogen-bond donors (Lipinski definition) is 2. The maximum Gasteiger partial charge on any atom is 0.191 e. The highest BCUT2D eigenvalue weighted by atomic mass is 127. The summed E-state index contributed by atoms with van der Waals surface area (Å²) in [6.07, 6.45) is 1.01. The maximum absolute atomic E-state index is 5.36. The lowest BCUT2D eigenvalue weighted by atomic mass is 10.1. The molecule has 0 atom stereocenters. The van der Waals surface area contributed by atoms with Crippen molar-refractivity contribution in [3.63, 3.8) is 0 Å². The van der Waals surface area contributed by atoms with Gasteiger partial charge in [0.25, 0.3) is 0 Å². The molecule has 0 bridgehead atoms. The third kappa shape index (κ3) is 8.53. The van der Waals surface area contributed by atoms with Crippen LogP contribution in [0.4, 0.5) is 0 Å². The molecule has 0 radical (unpaired) electrons. The fourth-order valence-corrected chi connectivity index (χ4v) is 2.44. The normalized spacial score (nSPS) is 15.8. The van der Waals surface area contributed by atoms with Gasteiger partial charge in [-0.1, -0.05) is 30.3 Å². The quantitative estimate of drug-likeness (QED) is 0.392. The predicted octanol–water partition coefficient (Wildman–Crippen LogP) is 1.73. The van der Waals surface area contributed by atoms with Gasteiger partial charge in [-0.05, 0) is 18.9 Å². The number of nitrogens with one attached hydrogen (secondary N) is 2. The van der Waals surface area contributed by atoms with Crippen molar-refractivity contribution in [3.05, 3.63) is 35.9 Å². The molecule has 0 amide bonds. The number of guanidine groups is 1. The Morgan fingerprint density at radius 2 is 1.91 bits per heavy atom. The Balaban J connectivity index is 0.00000264. The number of rotatable bonds is 7. The van der Waals surface area contributed by atoms with E-state index in [0.717, 1.165) is 64.9 Å². The van der Waals surface area contributed by atoms with Gasteiger partial charge in [0, 0.05) is 32.7 Å². The number of aliphatic imine (C=N–C) groups is 1. The molecule has 1 aliphatic rings. The predicted molar refractivity (Wildman–Crippen MR) is 107 cm³/mol. The highest BCUT2D eigenvalue weighted by molar-refractivity contribution is 14.0. The molecule has 1 aliphatic heterocycles. The maximum atomic E-state index is 5.36. The average molecular weight is 432 g/mol. The molecule has 1 fully saturated rings. The minimum Gasteiger partial charge on any atom is -0.379 e. The molecule has 5 nitrogen and oxygen atoms in total. The van der Waals surface area contributed by atoms with Crippen molar-refractivity contribution < 1.29 is 4.74 Å². The fraction of sp³-hybridized carbons (Fsp3) is 0.588. The van der Waals surface area contributed by atoms with Gasteiger partial charge in [-0.25, -0.2) is 0 Å². The topological polar surface area (TPSA) is 48.9 Å². The van der Waals surface area contributed by atoms with Crippen LogP contribution in [0, 0.1) is 0 Å². The Bertz CT molecular complexity index is 435. The molecule has 23 heavy (non-hydrogen) atoms. The fourth-order valence-electron chi connectivity index (χ4n) is 2.44. The molecule has 6 heteroatoms. The summed E-state index contributed by atoms with van der Waals surface area (Å²) in [7, 11) is 0. The highest BCUT2D eigenvalue weighted by Crippen LogP contribution is 1.98. The molecule has 130 valence electrons. The summed E-state index contributed by atoms with van der Waals surface area (Å²) in [4.78, 5) is 7.05. The van der Waals surface area contributed by atoms with Crippen molar-refractivity contribution in [2.75, 3.05) is 52.5 Å². The van der Waals surface area contributed by atoms with Crippen molar-refractivity contribution in [2.45, 2.75) is 13.3 Å². The number of benzene rings is 1. The highest BCUT2D eigenvalue weighted by Gasteiger charge is 2.09. The van der Waals surface area contributed by atoms with Crippen molar-refractivity contribution in [3.8, 4) is 0 Å². The molecule has 0 unspecified atom stereocenters. The van der Waals surface area contributed by atoms with E-state index in [4.69, 9.17) is 4.74 Å². The lowest BCUT2D eigenvalue weighted by molar-refractivity contribution is 0.0394. The molecular weight excluding hydrogens is 403 g/mol. The van der Waals surface area contributed by atoms with Crippen LogP contribution in [-0.4, -0.2) is 63.3 Å². The molecule has 2 N–H and O–H groups in total. The smallest absolute Gasteiger partial charge is 0.191 e. The first-order valence-electron chi connectivity index (χ1n) is 8.24. The first-order valence-corrected chi connectivity index (χ1v) is 8.24. The summed E-state index contributed by atoms with van der Waals surface area (Å²) in [6, 6.07) is 10.5. The minimum absolute atomic E-state index is 0. The first kappa shape index (κ1) is 20.2. The summed E-state index contributed by atoms with van der Waals surface area (Å²) < 4.78 is 5.36. The van der Waals surface area contributed by atoms with E-state index in [1.807, 2.05) is 6.07 Å². The van der Waals surface area contributed by atoms with Crippen LogP contribution in [0.1, 0.15) is 12.5 Å². The van der Waals surface area contributed by atoms with Crippen LogP contribution in [0.2, 0.25) is 0 Å². The van der Waals surface area contributed by atoms with Crippen molar-refractivity contribution >= 4 is 29.9 Å².